The average Bonchev–Trinajstić information content (AvgIpc) is 2.31. The lowest BCUT2D eigenvalue weighted by atomic mass is 10.5. The number of nitrogens with zero attached hydrogens (tertiary/aromatic N) is 4. The number of nitrogens with two attached hydrogens (primary N) is 1. The Morgan fingerprint density at radius 2 is 1.88 bits per heavy atom. The summed E-state index contributed by atoms with van der Waals surface area (Å²) in [6.45, 7) is 8.62. The summed E-state index contributed by atoms with van der Waals surface area (Å²) in [7, 11) is 0. The van der Waals surface area contributed by atoms with Crippen LogP contribution in [0.1, 0.15) is 20.8 Å². The van der Waals surface area contributed by atoms with E-state index in [0.29, 0.717) is 17.1 Å². The first-order chi connectivity index (χ1) is 7.74. The quantitative estimate of drug-likeness (QED) is 0.723. The van der Waals surface area contributed by atoms with Crippen molar-refractivity contribution < 1.29 is 0 Å². The molecule has 1 rings (SSSR count). The molecule has 0 saturated heterocycles. The van der Waals surface area contributed by atoms with E-state index in [-0.39, 0.29) is 0 Å². The Kier molecular flexibility index (Phi) is 5.27. The topological polar surface area (TPSA) is 80.0 Å². The zero-order valence-electron chi connectivity index (χ0n) is 9.90. The van der Waals surface area contributed by atoms with Crippen LogP contribution in [0.2, 0.25) is 0 Å². The van der Waals surface area contributed by atoms with Crippen LogP contribution in [0, 0.1) is 0 Å². The van der Waals surface area contributed by atoms with Crippen molar-refractivity contribution in [3.63, 3.8) is 0 Å². The minimum Gasteiger partial charge on any atom is -0.354 e. The maximum absolute atomic E-state index is 5.48. The van der Waals surface area contributed by atoms with Crippen molar-refractivity contribution in [1.82, 2.24) is 15.0 Å². The highest BCUT2D eigenvalue weighted by atomic mass is 32.2. The predicted octanol–water partition coefficient (Wildman–Crippen LogP) is 1.12. The first-order valence-electron chi connectivity index (χ1n) is 5.36. The van der Waals surface area contributed by atoms with Gasteiger partial charge in [-0.2, -0.15) is 15.0 Å². The summed E-state index contributed by atoms with van der Waals surface area (Å²) >= 11 is 1.03. The average molecular weight is 242 g/mol. The van der Waals surface area contributed by atoms with Crippen molar-refractivity contribution in [3.8, 4) is 0 Å². The van der Waals surface area contributed by atoms with E-state index < -0.39 is 0 Å². The Morgan fingerprint density at radius 3 is 2.38 bits per heavy atom. The number of nitrogens with one attached hydrogen (secondary N) is 1. The number of anilines is 2. The van der Waals surface area contributed by atoms with Crippen LogP contribution >= 0.6 is 11.9 Å². The van der Waals surface area contributed by atoms with E-state index in [1.54, 1.807) is 0 Å². The second-order valence-electron chi connectivity index (χ2n) is 3.06. The number of hydrogen-bond acceptors (Lipinski definition) is 7. The summed E-state index contributed by atoms with van der Waals surface area (Å²) in [4.78, 5) is 14.8. The number of rotatable bonds is 6. The lowest BCUT2D eigenvalue weighted by Gasteiger charge is -2.19. The molecule has 16 heavy (non-hydrogen) atoms. The fourth-order valence-corrected chi connectivity index (χ4v) is 1.56. The Bertz CT molecular complexity index is 328. The predicted molar refractivity (Wildman–Crippen MR) is 67.6 cm³/mol. The number of hydrogen-bond donors (Lipinski definition) is 2. The monoisotopic (exact) mass is 242 g/mol. The van der Waals surface area contributed by atoms with Gasteiger partial charge in [0, 0.05) is 19.6 Å². The van der Waals surface area contributed by atoms with Gasteiger partial charge >= 0.3 is 0 Å². The van der Waals surface area contributed by atoms with Gasteiger partial charge in [0.2, 0.25) is 17.1 Å². The van der Waals surface area contributed by atoms with Crippen LogP contribution < -0.4 is 15.4 Å². The van der Waals surface area contributed by atoms with Crippen LogP contribution in [0.25, 0.3) is 0 Å². The molecule has 1 aromatic heterocycles. The standard InChI is InChI=1S/C9H18N6S/c1-4-11-7-12-8(15(5-2)6-3)14-9(13-7)16-10/h4-6,10H2,1-3H3,(H,11,12,13,14). The number of aromatic nitrogens is 3. The van der Waals surface area contributed by atoms with Crippen molar-refractivity contribution in [3.05, 3.63) is 0 Å². The summed E-state index contributed by atoms with van der Waals surface area (Å²) in [5.41, 5.74) is 0. The highest BCUT2D eigenvalue weighted by molar-refractivity contribution is 7.96. The van der Waals surface area contributed by atoms with Crippen molar-refractivity contribution in [2.24, 2.45) is 5.14 Å². The Labute approximate surface area is 100 Å². The van der Waals surface area contributed by atoms with Gasteiger partial charge in [-0.05, 0) is 32.7 Å². The molecule has 1 aromatic rings. The van der Waals surface area contributed by atoms with Gasteiger partial charge in [0.1, 0.15) is 0 Å². The van der Waals surface area contributed by atoms with Crippen LogP contribution in [0.15, 0.2) is 5.16 Å². The molecule has 0 radical (unpaired) electrons. The second-order valence-corrected chi connectivity index (χ2v) is 3.66. The molecule has 7 heteroatoms. The maximum Gasteiger partial charge on any atom is 0.231 e. The molecule has 0 amide bonds. The van der Waals surface area contributed by atoms with E-state index in [1.807, 2.05) is 6.92 Å². The SMILES string of the molecule is CCNc1nc(SN)nc(N(CC)CC)n1. The van der Waals surface area contributed by atoms with Gasteiger partial charge in [-0.3, -0.25) is 5.14 Å². The minimum atomic E-state index is 0.535. The summed E-state index contributed by atoms with van der Waals surface area (Å²) in [6, 6.07) is 0. The van der Waals surface area contributed by atoms with Crippen molar-refractivity contribution in [1.29, 1.82) is 0 Å². The van der Waals surface area contributed by atoms with Gasteiger partial charge in [-0.1, -0.05) is 0 Å². The van der Waals surface area contributed by atoms with E-state index >= 15 is 0 Å². The molecular weight excluding hydrogens is 224 g/mol. The van der Waals surface area contributed by atoms with E-state index in [4.69, 9.17) is 5.14 Å². The summed E-state index contributed by atoms with van der Waals surface area (Å²) in [6.07, 6.45) is 0. The first-order valence-corrected chi connectivity index (χ1v) is 6.24. The van der Waals surface area contributed by atoms with E-state index in [2.05, 4.69) is 39.0 Å². The lowest BCUT2D eigenvalue weighted by molar-refractivity contribution is 0.783. The van der Waals surface area contributed by atoms with E-state index in [9.17, 15) is 0 Å². The molecule has 3 N–H and O–H groups in total. The van der Waals surface area contributed by atoms with Gasteiger partial charge in [0.25, 0.3) is 0 Å². The fourth-order valence-electron chi connectivity index (χ4n) is 1.28. The molecule has 0 aliphatic rings. The van der Waals surface area contributed by atoms with Crippen LogP contribution in [0.4, 0.5) is 11.9 Å². The Morgan fingerprint density at radius 1 is 1.19 bits per heavy atom. The molecule has 0 saturated carbocycles. The lowest BCUT2D eigenvalue weighted by Crippen LogP contribution is -2.25. The zero-order valence-corrected chi connectivity index (χ0v) is 10.7. The van der Waals surface area contributed by atoms with Gasteiger partial charge in [0.05, 0.1) is 0 Å². The summed E-state index contributed by atoms with van der Waals surface area (Å²) in [5, 5.41) is 9.09. The van der Waals surface area contributed by atoms with Gasteiger partial charge in [0.15, 0.2) is 0 Å². The maximum atomic E-state index is 5.48. The molecule has 0 aliphatic carbocycles. The minimum absolute atomic E-state index is 0.535. The van der Waals surface area contributed by atoms with Crippen LogP contribution in [0.3, 0.4) is 0 Å². The largest absolute Gasteiger partial charge is 0.354 e. The zero-order chi connectivity index (χ0) is 12.0. The summed E-state index contributed by atoms with van der Waals surface area (Å²) in [5.74, 6) is 1.25. The molecule has 0 fully saturated rings. The van der Waals surface area contributed by atoms with Gasteiger partial charge in [-0.15, -0.1) is 0 Å². The van der Waals surface area contributed by atoms with E-state index in [1.165, 1.54) is 0 Å². The highest BCUT2D eigenvalue weighted by Gasteiger charge is 2.10. The molecule has 1 heterocycles. The van der Waals surface area contributed by atoms with E-state index in [0.717, 1.165) is 31.6 Å². The molecule has 6 nitrogen and oxygen atoms in total. The highest BCUT2D eigenvalue weighted by Crippen LogP contribution is 2.14. The Hall–Kier alpha value is -1.08. The second kappa shape index (κ2) is 6.49. The van der Waals surface area contributed by atoms with Crippen LogP contribution in [-0.2, 0) is 0 Å². The molecule has 0 spiro atoms. The van der Waals surface area contributed by atoms with Crippen LogP contribution in [0.5, 0.6) is 0 Å². The normalized spacial score (nSPS) is 10.2. The van der Waals surface area contributed by atoms with Crippen molar-refractivity contribution in [2.75, 3.05) is 29.9 Å². The van der Waals surface area contributed by atoms with Crippen molar-refractivity contribution >= 4 is 23.8 Å². The third-order valence-electron chi connectivity index (χ3n) is 2.09. The molecule has 0 aliphatic heterocycles. The van der Waals surface area contributed by atoms with Gasteiger partial charge < -0.3 is 10.2 Å². The molecule has 0 unspecified atom stereocenters. The molecule has 90 valence electrons. The molecule has 0 atom stereocenters. The van der Waals surface area contributed by atoms with Crippen molar-refractivity contribution in [2.45, 2.75) is 25.9 Å². The first kappa shape index (κ1) is 13.0. The third kappa shape index (κ3) is 3.21. The third-order valence-corrected chi connectivity index (χ3v) is 2.48. The molecular formula is C9H18N6S. The Balaban J connectivity index is 3.02. The molecule has 0 bridgehead atoms. The summed E-state index contributed by atoms with van der Waals surface area (Å²) < 4.78 is 0. The smallest absolute Gasteiger partial charge is 0.231 e. The van der Waals surface area contributed by atoms with Gasteiger partial charge in [-0.25, -0.2) is 0 Å². The fraction of sp³-hybridized carbons (Fsp3) is 0.667. The van der Waals surface area contributed by atoms with Crippen LogP contribution in [-0.4, -0.2) is 34.6 Å². The molecule has 0 aromatic carbocycles.